The number of hydrogen-bond donors (Lipinski definition) is 0. The predicted molar refractivity (Wildman–Crippen MR) is 215 cm³/mol. The zero-order chi connectivity index (χ0) is 33.5. The monoisotopic (exact) mass is 647 g/mol. The second kappa shape index (κ2) is 10.8. The quantitative estimate of drug-likeness (QED) is 0.179. The van der Waals surface area contributed by atoms with Gasteiger partial charge in [0, 0.05) is 43.7 Å². The lowest BCUT2D eigenvalue weighted by Gasteiger charge is -2.15. The van der Waals surface area contributed by atoms with E-state index in [1.54, 1.807) is 0 Å². The van der Waals surface area contributed by atoms with Gasteiger partial charge in [-0.3, -0.25) is 0 Å². The molecule has 2 aromatic heterocycles. The number of fused-ring (bicyclic) bond motifs is 12. The van der Waals surface area contributed by atoms with E-state index in [1.807, 2.05) is 12.1 Å². The Hall–Kier alpha value is -6.84. The Morgan fingerprint density at radius 1 is 0.353 bits per heavy atom. The Labute approximate surface area is 293 Å². The van der Waals surface area contributed by atoms with E-state index in [9.17, 15) is 0 Å². The van der Waals surface area contributed by atoms with Crippen LogP contribution in [0.3, 0.4) is 0 Å². The first-order valence-corrected chi connectivity index (χ1v) is 17.4. The van der Waals surface area contributed by atoms with Gasteiger partial charge in [0.25, 0.3) is 0 Å². The summed E-state index contributed by atoms with van der Waals surface area (Å²) in [6, 6.07) is 63.1. The van der Waals surface area contributed by atoms with Crippen molar-refractivity contribution in [3.05, 3.63) is 176 Å². The third-order valence-electron chi connectivity index (χ3n) is 10.5. The van der Waals surface area contributed by atoms with Crippen LogP contribution in [-0.2, 0) is 0 Å². The summed E-state index contributed by atoms with van der Waals surface area (Å²) in [6.45, 7) is 0. The summed E-state index contributed by atoms with van der Waals surface area (Å²) in [7, 11) is 0. The molecule has 0 unspecified atom stereocenters. The smallest absolute Gasteiger partial charge is 0.0979 e. The lowest BCUT2D eigenvalue weighted by Crippen LogP contribution is -1.97. The molecule has 0 N–H and O–H groups in total. The molecule has 0 aliphatic heterocycles. The molecule has 0 spiro atoms. The summed E-state index contributed by atoms with van der Waals surface area (Å²) < 4.78 is 2.49. The minimum absolute atomic E-state index is 0.882. The van der Waals surface area contributed by atoms with Crippen molar-refractivity contribution in [3.63, 3.8) is 0 Å². The molecule has 0 radical (unpaired) electrons. The fraction of sp³-hybridized carbons (Fsp3) is 0. The number of nitrogens with zero attached hydrogens (tertiary/aromatic N) is 3. The molecule has 0 amide bonds. The summed E-state index contributed by atoms with van der Waals surface area (Å²) in [4.78, 5) is 10.8. The van der Waals surface area contributed by atoms with E-state index in [2.05, 4.69) is 168 Å². The topological polar surface area (TPSA) is 30.7 Å². The fourth-order valence-corrected chi connectivity index (χ4v) is 8.18. The molecule has 0 atom stereocenters. The van der Waals surface area contributed by atoms with Crippen LogP contribution < -0.4 is 0 Å². The van der Waals surface area contributed by atoms with Gasteiger partial charge < -0.3 is 4.57 Å². The van der Waals surface area contributed by atoms with Crippen LogP contribution in [0.2, 0.25) is 0 Å². The third-order valence-corrected chi connectivity index (χ3v) is 10.5. The molecule has 0 aliphatic rings. The van der Waals surface area contributed by atoms with Gasteiger partial charge in [-0.1, -0.05) is 158 Å². The lowest BCUT2D eigenvalue weighted by atomic mass is 9.98. The van der Waals surface area contributed by atoms with E-state index in [0.717, 1.165) is 55.4 Å². The van der Waals surface area contributed by atoms with Gasteiger partial charge in [-0.2, -0.15) is 0 Å². The highest BCUT2D eigenvalue weighted by Gasteiger charge is 2.19. The van der Waals surface area contributed by atoms with Crippen LogP contribution in [0.15, 0.2) is 176 Å². The number of rotatable bonds is 3. The molecule has 0 saturated carbocycles. The molecular formula is C48H29N3. The Morgan fingerprint density at radius 3 is 1.49 bits per heavy atom. The van der Waals surface area contributed by atoms with Crippen molar-refractivity contribution in [2.75, 3.05) is 0 Å². The second-order valence-corrected chi connectivity index (χ2v) is 13.4. The first kappa shape index (κ1) is 28.0. The maximum atomic E-state index is 5.50. The largest absolute Gasteiger partial charge is 0.308 e. The summed E-state index contributed by atoms with van der Waals surface area (Å²) in [5.74, 6) is 0. The Morgan fingerprint density at radius 2 is 0.843 bits per heavy atom. The van der Waals surface area contributed by atoms with Crippen molar-refractivity contribution in [1.82, 2.24) is 14.5 Å². The zero-order valence-electron chi connectivity index (χ0n) is 27.6. The Balaban J connectivity index is 1.28. The molecule has 51 heavy (non-hydrogen) atoms. The first-order chi connectivity index (χ1) is 25.3. The molecule has 0 bridgehead atoms. The SMILES string of the molecule is c1ccc(-c2nc3ccc4ccc5ccc(-n6c7c8ccccc8ccc7c7ccc8ccccc8c76)cc5c4c3nc2-c2ccccc2)cc1. The average Bonchev–Trinajstić information content (AvgIpc) is 3.56. The van der Waals surface area contributed by atoms with Gasteiger partial charge in [0.05, 0.1) is 33.5 Å². The summed E-state index contributed by atoms with van der Waals surface area (Å²) in [6.07, 6.45) is 0. The Kier molecular flexibility index (Phi) is 5.96. The lowest BCUT2D eigenvalue weighted by molar-refractivity contribution is 1.20. The molecule has 11 aromatic rings. The van der Waals surface area contributed by atoms with Gasteiger partial charge in [-0.15, -0.1) is 0 Å². The molecule has 9 aromatic carbocycles. The first-order valence-electron chi connectivity index (χ1n) is 17.4. The van der Waals surface area contributed by atoms with Crippen LogP contribution in [0.5, 0.6) is 0 Å². The highest BCUT2D eigenvalue weighted by molar-refractivity contribution is 6.24. The van der Waals surface area contributed by atoms with Gasteiger partial charge in [0.1, 0.15) is 0 Å². The molecular weight excluding hydrogens is 619 g/mol. The summed E-state index contributed by atoms with van der Waals surface area (Å²) in [5.41, 5.74) is 9.24. The Bertz CT molecular complexity index is 3080. The van der Waals surface area contributed by atoms with Crippen molar-refractivity contribution in [2.24, 2.45) is 0 Å². The van der Waals surface area contributed by atoms with Gasteiger partial charge in [-0.25, -0.2) is 9.97 Å². The van der Waals surface area contributed by atoms with E-state index in [0.29, 0.717) is 0 Å². The summed E-state index contributed by atoms with van der Waals surface area (Å²) >= 11 is 0. The molecule has 0 aliphatic carbocycles. The molecule has 236 valence electrons. The minimum Gasteiger partial charge on any atom is -0.308 e. The molecule has 0 saturated heterocycles. The van der Waals surface area contributed by atoms with Crippen LogP contribution in [-0.4, -0.2) is 14.5 Å². The van der Waals surface area contributed by atoms with Crippen LogP contribution in [0.25, 0.3) is 104 Å². The van der Waals surface area contributed by atoms with Crippen molar-refractivity contribution in [1.29, 1.82) is 0 Å². The molecule has 3 heteroatoms. The van der Waals surface area contributed by atoms with Crippen LogP contribution in [0, 0.1) is 0 Å². The molecule has 11 rings (SSSR count). The molecule has 3 nitrogen and oxygen atoms in total. The van der Waals surface area contributed by atoms with Crippen molar-refractivity contribution < 1.29 is 0 Å². The van der Waals surface area contributed by atoms with Crippen LogP contribution >= 0.6 is 0 Å². The normalized spacial score (nSPS) is 11.9. The van der Waals surface area contributed by atoms with Gasteiger partial charge >= 0.3 is 0 Å². The number of hydrogen-bond acceptors (Lipinski definition) is 2. The van der Waals surface area contributed by atoms with Gasteiger partial charge in [-0.05, 0) is 45.1 Å². The van der Waals surface area contributed by atoms with Gasteiger partial charge in [0.15, 0.2) is 0 Å². The van der Waals surface area contributed by atoms with E-state index in [-0.39, 0.29) is 0 Å². The standard InChI is InChI=1S/C48H29N3/c1-3-13-34(14-4-1)44-45(35-15-5-2-6-16-35)50-46-42(49-44)28-24-33-20-19-32-21-25-36(29-41(32)43(33)46)51-47-37-17-9-7-11-30(37)22-26-39(47)40-27-23-31-12-8-10-18-38(31)48(40)51/h1-29H. The minimum atomic E-state index is 0.882. The third kappa shape index (κ3) is 4.19. The van der Waals surface area contributed by atoms with Crippen LogP contribution in [0.4, 0.5) is 0 Å². The maximum Gasteiger partial charge on any atom is 0.0979 e. The van der Waals surface area contributed by atoms with Crippen LogP contribution in [0.1, 0.15) is 0 Å². The summed E-state index contributed by atoms with van der Waals surface area (Å²) in [5, 5.41) is 12.0. The average molecular weight is 648 g/mol. The highest BCUT2D eigenvalue weighted by atomic mass is 15.0. The van der Waals surface area contributed by atoms with Crippen molar-refractivity contribution >= 4 is 75.9 Å². The highest BCUT2D eigenvalue weighted by Crippen LogP contribution is 2.42. The zero-order valence-corrected chi connectivity index (χ0v) is 27.6. The predicted octanol–water partition coefficient (Wildman–Crippen LogP) is 12.7. The molecule has 0 fully saturated rings. The van der Waals surface area contributed by atoms with Gasteiger partial charge in [0.2, 0.25) is 0 Å². The van der Waals surface area contributed by atoms with E-state index < -0.39 is 0 Å². The maximum absolute atomic E-state index is 5.50. The van der Waals surface area contributed by atoms with E-state index in [1.165, 1.54) is 48.7 Å². The van der Waals surface area contributed by atoms with Crippen molar-refractivity contribution in [2.45, 2.75) is 0 Å². The number of aromatic nitrogens is 3. The molecule has 2 heterocycles. The second-order valence-electron chi connectivity index (χ2n) is 13.4. The number of benzene rings is 9. The van der Waals surface area contributed by atoms with Crippen molar-refractivity contribution in [3.8, 4) is 28.2 Å². The van der Waals surface area contributed by atoms with E-state index >= 15 is 0 Å². The van der Waals surface area contributed by atoms with E-state index in [4.69, 9.17) is 9.97 Å². The fourth-order valence-electron chi connectivity index (χ4n) is 8.18.